The SMILES string of the molecule is CCn1nc(C)c(Cl)c1CC(N)c1ccc(Cl)c(F)c1. The van der Waals surface area contributed by atoms with Gasteiger partial charge in [-0.1, -0.05) is 29.3 Å². The van der Waals surface area contributed by atoms with E-state index in [0.29, 0.717) is 23.6 Å². The van der Waals surface area contributed by atoms with E-state index in [-0.39, 0.29) is 11.1 Å². The molecule has 0 saturated heterocycles. The van der Waals surface area contributed by atoms with Crippen LogP contribution in [0.1, 0.15) is 29.9 Å². The zero-order chi connectivity index (χ0) is 14.9. The van der Waals surface area contributed by atoms with E-state index in [2.05, 4.69) is 5.10 Å². The van der Waals surface area contributed by atoms with Gasteiger partial charge in [-0.15, -0.1) is 0 Å². The van der Waals surface area contributed by atoms with Gasteiger partial charge in [0, 0.05) is 19.0 Å². The largest absolute Gasteiger partial charge is 0.324 e. The molecule has 0 fully saturated rings. The Morgan fingerprint density at radius 3 is 2.70 bits per heavy atom. The average molecular weight is 316 g/mol. The van der Waals surface area contributed by atoms with Gasteiger partial charge < -0.3 is 5.73 Å². The third-order valence-electron chi connectivity index (χ3n) is 3.24. The summed E-state index contributed by atoms with van der Waals surface area (Å²) in [6, 6.07) is 4.24. The van der Waals surface area contributed by atoms with Crippen molar-refractivity contribution in [2.75, 3.05) is 0 Å². The molecule has 0 spiro atoms. The van der Waals surface area contributed by atoms with Crippen LogP contribution < -0.4 is 5.73 Å². The summed E-state index contributed by atoms with van der Waals surface area (Å²) in [4.78, 5) is 0. The van der Waals surface area contributed by atoms with Gasteiger partial charge in [-0.25, -0.2) is 4.39 Å². The molecule has 2 N–H and O–H groups in total. The van der Waals surface area contributed by atoms with E-state index in [1.807, 2.05) is 18.5 Å². The Bertz CT molecular complexity index is 625. The molecule has 1 heterocycles. The second-order valence-corrected chi connectivity index (χ2v) is 5.43. The highest BCUT2D eigenvalue weighted by molar-refractivity contribution is 6.32. The van der Waals surface area contributed by atoms with Crippen LogP contribution in [0.4, 0.5) is 4.39 Å². The summed E-state index contributed by atoms with van der Waals surface area (Å²) in [5.74, 6) is -0.467. The second kappa shape index (κ2) is 6.12. The highest BCUT2D eigenvalue weighted by Gasteiger charge is 2.17. The summed E-state index contributed by atoms with van der Waals surface area (Å²) < 4.78 is 15.3. The maximum absolute atomic E-state index is 13.5. The lowest BCUT2D eigenvalue weighted by atomic mass is 10.0. The highest BCUT2D eigenvalue weighted by Crippen LogP contribution is 2.26. The molecule has 1 aromatic heterocycles. The molecule has 3 nitrogen and oxygen atoms in total. The molecule has 0 aliphatic carbocycles. The van der Waals surface area contributed by atoms with Crippen molar-refractivity contribution in [1.82, 2.24) is 9.78 Å². The quantitative estimate of drug-likeness (QED) is 0.929. The van der Waals surface area contributed by atoms with Gasteiger partial charge in [0.2, 0.25) is 0 Å². The van der Waals surface area contributed by atoms with E-state index in [0.717, 1.165) is 11.4 Å². The summed E-state index contributed by atoms with van der Waals surface area (Å²) in [5.41, 5.74) is 8.47. The van der Waals surface area contributed by atoms with Gasteiger partial charge in [0.05, 0.1) is 21.4 Å². The van der Waals surface area contributed by atoms with Gasteiger partial charge in [0.1, 0.15) is 5.82 Å². The Morgan fingerprint density at radius 1 is 1.40 bits per heavy atom. The minimum atomic E-state index is -0.467. The number of halogens is 3. The van der Waals surface area contributed by atoms with Crippen molar-refractivity contribution in [2.24, 2.45) is 5.73 Å². The highest BCUT2D eigenvalue weighted by atomic mass is 35.5. The molecule has 2 rings (SSSR count). The van der Waals surface area contributed by atoms with Gasteiger partial charge in [-0.2, -0.15) is 5.10 Å². The van der Waals surface area contributed by atoms with Crippen LogP contribution >= 0.6 is 23.2 Å². The lowest BCUT2D eigenvalue weighted by molar-refractivity contribution is 0.582. The fraction of sp³-hybridized carbons (Fsp3) is 0.357. The summed E-state index contributed by atoms with van der Waals surface area (Å²) >= 11 is 11.9. The number of aromatic nitrogens is 2. The van der Waals surface area contributed by atoms with Crippen LogP contribution in [-0.2, 0) is 13.0 Å². The van der Waals surface area contributed by atoms with Gasteiger partial charge in [0.15, 0.2) is 0 Å². The molecule has 0 aliphatic rings. The first kappa shape index (κ1) is 15.3. The zero-order valence-corrected chi connectivity index (χ0v) is 12.8. The maximum Gasteiger partial charge on any atom is 0.142 e. The molecule has 1 aromatic carbocycles. The predicted molar refractivity (Wildman–Crippen MR) is 79.7 cm³/mol. The molecule has 108 valence electrons. The van der Waals surface area contributed by atoms with E-state index in [1.54, 1.807) is 6.07 Å². The number of rotatable bonds is 4. The molecule has 1 unspecified atom stereocenters. The normalized spacial score (nSPS) is 12.7. The Labute approximate surface area is 127 Å². The fourth-order valence-electron chi connectivity index (χ4n) is 2.13. The van der Waals surface area contributed by atoms with Crippen molar-refractivity contribution in [3.8, 4) is 0 Å². The first-order valence-corrected chi connectivity index (χ1v) is 7.12. The van der Waals surface area contributed by atoms with Crippen LogP contribution in [0, 0.1) is 12.7 Å². The molecule has 1 atom stereocenters. The van der Waals surface area contributed by atoms with E-state index in [9.17, 15) is 4.39 Å². The van der Waals surface area contributed by atoms with Crippen LogP contribution in [0.5, 0.6) is 0 Å². The van der Waals surface area contributed by atoms with Crippen molar-refractivity contribution < 1.29 is 4.39 Å². The fourth-order valence-corrected chi connectivity index (χ4v) is 2.46. The summed E-state index contributed by atoms with van der Waals surface area (Å²) in [7, 11) is 0. The van der Waals surface area contributed by atoms with Gasteiger partial charge in [0.25, 0.3) is 0 Å². The summed E-state index contributed by atoms with van der Waals surface area (Å²) in [5, 5.41) is 5.05. The number of hydrogen-bond acceptors (Lipinski definition) is 2. The van der Waals surface area contributed by atoms with Crippen molar-refractivity contribution in [2.45, 2.75) is 32.9 Å². The van der Waals surface area contributed by atoms with E-state index in [4.69, 9.17) is 28.9 Å². The number of nitrogens with zero attached hydrogens (tertiary/aromatic N) is 2. The molecule has 0 radical (unpaired) electrons. The minimum Gasteiger partial charge on any atom is -0.324 e. The monoisotopic (exact) mass is 315 g/mol. The first-order chi connectivity index (χ1) is 9.43. The molecule has 20 heavy (non-hydrogen) atoms. The molecule has 0 saturated carbocycles. The number of benzene rings is 1. The van der Waals surface area contributed by atoms with E-state index < -0.39 is 5.82 Å². The number of hydrogen-bond donors (Lipinski definition) is 1. The number of nitrogens with two attached hydrogens (primary N) is 1. The van der Waals surface area contributed by atoms with Crippen LogP contribution in [0.3, 0.4) is 0 Å². The van der Waals surface area contributed by atoms with E-state index in [1.165, 1.54) is 12.1 Å². The second-order valence-electron chi connectivity index (χ2n) is 4.65. The zero-order valence-electron chi connectivity index (χ0n) is 11.3. The van der Waals surface area contributed by atoms with Gasteiger partial charge in [-0.05, 0) is 31.5 Å². The van der Waals surface area contributed by atoms with Crippen molar-refractivity contribution >= 4 is 23.2 Å². The van der Waals surface area contributed by atoms with Crippen molar-refractivity contribution in [3.05, 3.63) is 51.0 Å². The standard InChI is InChI=1S/C14H16Cl2FN3/c1-3-20-13(14(16)8(2)19-20)7-12(18)9-4-5-10(15)11(17)6-9/h4-6,12H,3,7,18H2,1-2H3. The molecule has 6 heteroatoms. The van der Waals surface area contributed by atoms with Crippen LogP contribution in [0.15, 0.2) is 18.2 Å². The molecule has 0 bridgehead atoms. The maximum atomic E-state index is 13.5. The van der Waals surface area contributed by atoms with E-state index >= 15 is 0 Å². The van der Waals surface area contributed by atoms with Crippen molar-refractivity contribution in [3.63, 3.8) is 0 Å². The topological polar surface area (TPSA) is 43.8 Å². The predicted octanol–water partition coefficient (Wildman–Crippen LogP) is 3.90. The Kier molecular flexibility index (Phi) is 4.68. The lowest BCUT2D eigenvalue weighted by Crippen LogP contribution is -2.16. The molecule has 0 amide bonds. The van der Waals surface area contributed by atoms with Crippen LogP contribution in [0.25, 0.3) is 0 Å². The summed E-state index contributed by atoms with van der Waals surface area (Å²) in [6.07, 6.45) is 0.495. The van der Waals surface area contributed by atoms with Crippen LogP contribution in [-0.4, -0.2) is 9.78 Å². The molecule has 2 aromatic rings. The van der Waals surface area contributed by atoms with Gasteiger partial charge in [-0.3, -0.25) is 4.68 Å². The first-order valence-electron chi connectivity index (χ1n) is 6.36. The van der Waals surface area contributed by atoms with Crippen LogP contribution in [0.2, 0.25) is 10.0 Å². The molecular formula is C14H16Cl2FN3. The smallest absolute Gasteiger partial charge is 0.142 e. The molecule has 0 aliphatic heterocycles. The van der Waals surface area contributed by atoms with Gasteiger partial charge >= 0.3 is 0 Å². The van der Waals surface area contributed by atoms with Crippen molar-refractivity contribution in [1.29, 1.82) is 0 Å². The lowest BCUT2D eigenvalue weighted by Gasteiger charge is -2.14. The molecular weight excluding hydrogens is 300 g/mol. The Balaban J connectivity index is 2.27. The Morgan fingerprint density at radius 2 is 2.10 bits per heavy atom. The number of aryl methyl sites for hydroxylation is 2. The third-order valence-corrected chi connectivity index (χ3v) is 4.04. The average Bonchev–Trinajstić information content (AvgIpc) is 2.69. The Hall–Kier alpha value is -1.10. The summed E-state index contributed by atoms with van der Waals surface area (Å²) in [6.45, 7) is 4.55. The minimum absolute atomic E-state index is 0.0911. The third kappa shape index (κ3) is 2.97.